The largest absolute Gasteiger partial charge is 0.478 e. The number of aromatic nitrogens is 2. The molecular weight excluding hydrogens is 503 g/mol. The monoisotopic (exact) mass is 523 g/mol. The molecule has 0 fully saturated rings. The predicted molar refractivity (Wildman–Crippen MR) is 130 cm³/mol. The van der Waals surface area contributed by atoms with Crippen molar-refractivity contribution in [3.8, 4) is 11.1 Å². The molecule has 194 valence electrons. The molecule has 0 bridgehead atoms. The third kappa shape index (κ3) is 5.77. The summed E-state index contributed by atoms with van der Waals surface area (Å²) >= 11 is 0. The van der Waals surface area contributed by atoms with Crippen molar-refractivity contribution in [1.29, 1.82) is 0 Å². The topological polar surface area (TPSA) is 118 Å². The smallest absolute Gasteiger partial charge is 0.416 e. The Bertz CT molecular complexity index is 1520. The predicted octanol–water partition coefficient (Wildman–Crippen LogP) is 4.53. The number of pyridine rings is 2. The van der Waals surface area contributed by atoms with Gasteiger partial charge < -0.3 is 15.2 Å². The molecule has 1 atom stereocenters. The Hall–Kier alpha value is -4.80. The molecule has 0 aliphatic rings. The van der Waals surface area contributed by atoms with Gasteiger partial charge in [0.2, 0.25) is 0 Å². The second-order valence-electron chi connectivity index (χ2n) is 8.29. The summed E-state index contributed by atoms with van der Waals surface area (Å²) in [6.45, 7) is 0. The minimum atomic E-state index is -4.54. The molecule has 0 saturated heterocycles. The fraction of sp³-hybridized carbons (Fsp3) is 0.148. The first-order valence-electron chi connectivity index (χ1n) is 11.2. The summed E-state index contributed by atoms with van der Waals surface area (Å²) in [6, 6.07) is 12.3. The molecule has 0 aliphatic carbocycles. The van der Waals surface area contributed by atoms with E-state index in [2.05, 4.69) is 15.3 Å². The van der Waals surface area contributed by atoms with E-state index in [1.807, 2.05) is 0 Å². The van der Waals surface area contributed by atoms with E-state index in [1.165, 1.54) is 43.6 Å². The van der Waals surface area contributed by atoms with E-state index >= 15 is 0 Å². The highest BCUT2D eigenvalue weighted by molar-refractivity contribution is 6.07. The summed E-state index contributed by atoms with van der Waals surface area (Å²) in [5.74, 6) is -2.89. The van der Waals surface area contributed by atoms with Crippen molar-refractivity contribution in [3.05, 3.63) is 95.4 Å². The van der Waals surface area contributed by atoms with Crippen LogP contribution in [0.4, 0.5) is 13.2 Å². The number of methoxy groups -OCH3 is 1. The van der Waals surface area contributed by atoms with Gasteiger partial charge in [0, 0.05) is 24.2 Å². The van der Waals surface area contributed by atoms with Gasteiger partial charge in [-0.2, -0.15) is 13.2 Å². The summed E-state index contributed by atoms with van der Waals surface area (Å²) in [5.41, 5.74) is -0.0259. The van der Waals surface area contributed by atoms with Gasteiger partial charge in [0.1, 0.15) is 11.7 Å². The van der Waals surface area contributed by atoms with Crippen LogP contribution in [0, 0.1) is 0 Å². The number of carboxylic acid groups (broad SMARTS) is 1. The van der Waals surface area contributed by atoms with Crippen LogP contribution in [0.1, 0.15) is 32.0 Å². The number of esters is 1. The molecule has 8 nitrogen and oxygen atoms in total. The minimum absolute atomic E-state index is 0.0754. The molecule has 1 amide bonds. The Morgan fingerprint density at radius 2 is 1.79 bits per heavy atom. The van der Waals surface area contributed by atoms with Crippen molar-refractivity contribution in [1.82, 2.24) is 15.3 Å². The van der Waals surface area contributed by atoms with Crippen molar-refractivity contribution in [3.63, 3.8) is 0 Å². The number of carbonyl (C=O) groups excluding carboxylic acids is 2. The van der Waals surface area contributed by atoms with Crippen LogP contribution >= 0.6 is 0 Å². The molecular formula is C27H20F3N3O5. The molecule has 38 heavy (non-hydrogen) atoms. The Kier molecular flexibility index (Phi) is 7.38. The minimum Gasteiger partial charge on any atom is -0.478 e. The lowest BCUT2D eigenvalue weighted by Crippen LogP contribution is -2.43. The lowest BCUT2D eigenvalue weighted by atomic mass is 9.98. The number of halogens is 3. The van der Waals surface area contributed by atoms with Crippen molar-refractivity contribution in [2.24, 2.45) is 0 Å². The zero-order valence-electron chi connectivity index (χ0n) is 19.8. The SMILES string of the molecule is COC(=O)[C@H](Cc1cccnc1)NC(=O)c1cc(C(=O)O)c2cc(-c3cccc(C(F)(F)F)c3)ccc2n1. The lowest BCUT2D eigenvalue weighted by molar-refractivity contribution is -0.143. The van der Waals surface area contributed by atoms with E-state index < -0.39 is 35.6 Å². The number of rotatable bonds is 7. The Labute approximate surface area is 214 Å². The van der Waals surface area contributed by atoms with Gasteiger partial charge >= 0.3 is 18.1 Å². The van der Waals surface area contributed by atoms with Crippen LogP contribution in [0.2, 0.25) is 0 Å². The number of hydrogen-bond donors (Lipinski definition) is 2. The molecule has 0 aliphatic heterocycles. The van der Waals surface area contributed by atoms with Crippen molar-refractivity contribution in [2.45, 2.75) is 18.6 Å². The normalized spacial score (nSPS) is 12.1. The highest BCUT2D eigenvalue weighted by Gasteiger charge is 2.30. The molecule has 11 heteroatoms. The first-order valence-corrected chi connectivity index (χ1v) is 11.2. The standard InChI is InChI=1S/C27H20F3N3O5/c1-38-26(37)23(10-15-4-3-9-31-14-15)33-24(34)22-13-20(25(35)36)19-12-17(7-8-21(19)32-22)16-5-2-6-18(11-16)27(28,29)30/h2-9,11-14,23H,10H2,1H3,(H,33,34)(H,35,36)/t23-/m0/s1. The number of ether oxygens (including phenoxy) is 1. The maximum absolute atomic E-state index is 13.2. The maximum Gasteiger partial charge on any atom is 0.416 e. The van der Waals surface area contributed by atoms with Gasteiger partial charge in [-0.3, -0.25) is 9.78 Å². The van der Waals surface area contributed by atoms with Gasteiger partial charge in [0.25, 0.3) is 5.91 Å². The zero-order valence-corrected chi connectivity index (χ0v) is 19.8. The van der Waals surface area contributed by atoms with Crippen LogP contribution in [0.25, 0.3) is 22.0 Å². The van der Waals surface area contributed by atoms with Crippen molar-refractivity contribution in [2.75, 3.05) is 7.11 Å². The number of carbonyl (C=O) groups is 3. The van der Waals surface area contributed by atoms with E-state index in [4.69, 9.17) is 4.74 Å². The molecule has 0 saturated carbocycles. The summed E-state index contributed by atoms with van der Waals surface area (Å²) in [6.07, 6.45) is -1.38. The molecule has 2 heterocycles. The maximum atomic E-state index is 13.2. The van der Waals surface area contributed by atoms with E-state index in [-0.39, 0.29) is 34.1 Å². The van der Waals surface area contributed by atoms with Gasteiger partial charge in [0.15, 0.2) is 0 Å². The van der Waals surface area contributed by atoms with Crippen LogP contribution in [-0.2, 0) is 22.1 Å². The van der Waals surface area contributed by atoms with Gasteiger partial charge in [-0.15, -0.1) is 0 Å². The zero-order chi connectivity index (χ0) is 27.4. The fourth-order valence-corrected chi connectivity index (χ4v) is 3.90. The molecule has 4 rings (SSSR count). The van der Waals surface area contributed by atoms with Gasteiger partial charge in [-0.05, 0) is 53.1 Å². The number of carboxylic acids is 1. The number of nitrogens with one attached hydrogen (secondary N) is 1. The van der Waals surface area contributed by atoms with E-state index in [0.717, 1.165) is 18.2 Å². The second-order valence-corrected chi connectivity index (χ2v) is 8.29. The average molecular weight is 523 g/mol. The molecule has 0 unspecified atom stereocenters. The number of benzene rings is 2. The van der Waals surface area contributed by atoms with Crippen LogP contribution in [0.3, 0.4) is 0 Å². The highest BCUT2D eigenvalue weighted by Crippen LogP contribution is 2.33. The molecule has 0 spiro atoms. The average Bonchev–Trinajstić information content (AvgIpc) is 2.91. The summed E-state index contributed by atoms with van der Waals surface area (Å²) in [4.78, 5) is 45.6. The quantitative estimate of drug-likeness (QED) is 0.342. The van der Waals surface area contributed by atoms with Gasteiger partial charge in [-0.25, -0.2) is 14.6 Å². The lowest BCUT2D eigenvalue weighted by Gasteiger charge is -2.17. The second kappa shape index (κ2) is 10.7. The van der Waals surface area contributed by atoms with E-state index in [0.29, 0.717) is 11.1 Å². The molecule has 4 aromatic rings. The van der Waals surface area contributed by atoms with Gasteiger partial charge in [-0.1, -0.05) is 24.3 Å². The van der Waals surface area contributed by atoms with Crippen LogP contribution in [0.5, 0.6) is 0 Å². The molecule has 2 aromatic heterocycles. The number of hydrogen-bond acceptors (Lipinski definition) is 6. The fourth-order valence-electron chi connectivity index (χ4n) is 3.90. The Balaban J connectivity index is 1.69. The number of aromatic carboxylic acids is 1. The van der Waals surface area contributed by atoms with Crippen LogP contribution < -0.4 is 5.32 Å². The first-order chi connectivity index (χ1) is 18.1. The molecule has 0 radical (unpaired) electrons. The number of nitrogens with zero attached hydrogens (tertiary/aromatic N) is 2. The number of alkyl halides is 3. The van der Waals surface area contributed by atoms with E-state index in [9.17, 15) is 32.7 Å². The van der Waals surface area contributed by atoms with Crippen molar-refractivity contribution >= 4 is 28.7 Å². The van der Waals surface area contributed by atoms with Gasteiger partial charge in [0.05, 0.1) is 23.8 Å². The Morgan fingerprint density at radius 3 is 2.45 bits per heavy atom. The third-order valence-corrected chi connectivity index (χ3v) is 5.75. The number of fused-ring (bicyclic) bond motifs is 1. The first kappa shape index (κ1) is 26.3. The number of amides is 1. The van der Waals surface area contributed by atoms with Crippen LogP contribution in [0.15, 0.2) is 73.1 Å². The molecule has 2 aromatic carbocycles. The highest BCUT2D eigenvalue weighted by atomic mass is 19.4. The molecule has 2 N–H and O–H groups in total. The summed E-state index contributed by atoms with van der Waals surface area (Å²) in [7, 11) is 1.17. The third-order valence-electron chi connectivity index (χ3n) is 5.75. The van der Waals surface area contributed by atoms with Crippen molar-refractivity contribution < 1.29 is 37.4 Å². The Morgan fingerprint density at radius 1 is 1.03 bits per heavy atom. The summed E-state index contributed by atoms with van der Waals surface area (Å²) < 4.78 is 44.2. The summed E-state index contributed by atoms with van der Waals surface area (Å²) in [5, 5.41) is 12.5. The van der Waals surface area contributed by atoms with Crippen LogP contribution in [-0.4, -0.2) is 46.1 Å². The van der Waals surface area contributed by atoms with E-state index in [1.54, 1.807) is 18.3 Å².